The van der Waals surface area contributed by atoms with Crippen molar-refractivity contribution in [2.45, 2.75) is 18.8 Å². The minimum Gasteiger partial charge on any atom is -0.306 e. The summed E-state index contributed by atoms with van der Waals surface area (Å²) in [6, 6.07) is 1.80. The van der Waals surface area contributed by atoms with Crippen molar-refractivity contribution in [1.29, 1.82) is 0 Å². The molecule has 4 nitrogen and oxygen atoms in total. The van der Waals surface area contributed by atoms with Gasteiger partial charge in [0, 0.05) is 17.3 Å². The fraction of sp³-hybridized carbons (Fsp3) is 0.250. The lowest BCUT2D eigenvalue weighted by atomic mass is 10.4. The van der Waals surface area contributed by atoms with E-state index < -0.39 is 0 Å². The number of halogens is 2. The first kappa shape index (κ1) is 12.8. The van der Waals surface area contributed by atoms with Crippen LogP contribution in [0, 0.1) is 0 Å². The van der Waals surface area contributed by atoms with Gasteiger partial charge in [0.05, 0.1) is 22.5 Å². The Hall–Kier alpha value is -1.17. The molecule has 0 bridgehead atoms. The molecule has 0 saturated heterocycles. The molecule has 0 aliphatic heterocycles. The zero-order valence-electron chi connectivity index (χ0n) is 10.0. The van der Waals surface area contributed by atoms with E-state index in [9.17, 15) is 0 Å². The minimum absolute atomic E-state index is 0.194. The van der Waals surface area contributed by atoms with Crippen molar-refractivity contribution in [3.05, 3.63) is 39.7 Å². The number of rotatable bonds is 3. The van der Waals surface area contributed by atoms with Crippen LogP contribution in [-0.4, -0.2) is 19.5 Å². The summed E-state index contributed by atoms with van der Waals surface area (Å²) in [7, 11) is 0. The van der Waals surface area contributed by atoms with Crippen LogP contribution in [0.1, 0.15) is 23.0 Å². The maximum atomic E-state index is 6.20. The molecule has 7 heteroatoms. The van der Waals surface area contributed by atoms with Gasteiger partial charge in [-0.1, -0.05) is 11.6 Å². The van der Waals surface area contributed by atoms with Gasteiger partial charge in [-0.15, -0.1) is 22.9 Å². The van der Waals surface area contributed by atoms with E-state index in [-0.39, 0.29) is 5.38 Å². The highest BCUT2D eigenvalue weighted by Gasteiger charge is 2.16. The van der Waals surface area contributed by atoms with E-state index in [1.165, 1.54) is 0 Å². The summed E-state index contributed by atoms with van der Waals surface area (Å²) in [5.74, 6) is 0.792. The summed E-state index contributed by atoms with van der Waals surface area (Å²) in [6.07, 6.45) is 3.46. The van der Waals surface area contributed by atoms with Crippen LogP contribution in [0.5, 0.6) is 0 Å². The normalized spacial score (nSPS) is 13.0. The second-order valence-corrected chi connectivity index (χ2v) is 6.20. The van der Waals surface area contributed by atoms with E-state index in [2.05, 4.69) is 15.0 Å². The number of aromatic nitrogens is 4. The Morgan fingerprint density at radius 2 is 2.26 bits per heavy atom. The lowest BCUT2D eigenvalue weighted by molar-refractivity contribution is 0.743. The Balaban J connectivity index is 2.16. The highest BCUT2D eigenvalue weighted by atomic mass is 35.5. The number of thiazole rings is 1. The van der Waals surface area contributed by atoms with Gasteiger partial charge in [-0.2, -0.15) is 0 Å². The van der Waals surface area contributed by atoms with Gasteiger partial charge in [0.15, 0.2) is 5.65 Å². The van der Waals surface area contributed by atoms with Crippen LogP contribution >= 0.6 is 34.5 Å². The highest BCUT2D eigenvalue weighted by Crippen LogP contribution is 2.26. The van der Waals surface area contributed by atoms with Gasteiger partial charge in [-0.05, 0) is 13.0 Å². The number of hydrogen-bond donors (Lipinski definition) is 0. The quantitative estimate of drug-likeness (QED) is 0.689. The monoisotopic (exact) mass is 312 g/mol. The van der Waals surface area contributed by atoms with Crippen LogP contribution in [0.2, 0.25) is 5.02 Å². The summed E-state index contributed by atoms with van der Waals surface area (Å²) in [5.41, 5.74) is 3.36. The van der Waals surface area contributed by atoms with Gasteiger partial charge >= 0.3 is 0 Å². The summed E-state index contributed by atoms with van der Waals surface area (Å²) >= 11 is 13.7. The molecule has 1 atom stereocenters. The first-order chi connectivity index (χ1) is 9.15. The molecule has 98 valence electrons. The van der Waals surface area contributed by atoms with E-state index in [4.69, 9.17) is 23.2 Å². The van der Waals surface area contributed by atoms with E-state index in [0.29, 0.717) is 11.6 Å². The molecule has 0 fully saturated rings. The summed E-state index contributed by atoms with van der Waals surface area (Å²) in [5, 5.41) is 0.379. The first-order valence-electron chi connectivity index (χ1n) is 5.68. The van der Waals surface area contributed by atoms with Crippen molar-refractivity contribution in [3.63, 3.8) is 0 Å². The minimum atomic E-state index is -0.194. The van der Waals surface area contributed by atoms with E-state index in [1.807, 2.05) is 23.2 Å². The molecule has 0 spiro atoms. The molecule has 0 aliphatic rings. The predicted molar refractivity (Wildman–Crippen MR) is 78.0 cm³/mol. The molecular weight excluding hydrogens is 303 g/mol. The third-order valence-corrected chi connectivity index (χ3v) is 3.90. The molecule has 0 saturated carbocycles. The van der Waals surface area contributed by atoms with Crippen molar-refractivity contribution >= 4 is 45.7 Å². The lowest BCUT2D eigenvalue weighted by Crippen LogP contribution is -2.05. The molecule has 3 heterocycles. The predicted octanol–water partition coefficient (Wildman–Crippen LogP) is 3.89. The molecule has 3 rings (SSSR count). The Morgan fingerprint density at radius 3 is 2.95 bits per heavy atom. The molecule has 0 aromatic carbocycles. The smallest absolute Gasteiger partial charge is 0.160 e. The van der Waals surface area contributed by atoms with Crippen LogP contribution in [0.3, 0.4) is 0 Å². The molecule has 3 aromatic heterocycles. The molecular formula is C12H10Cl2N4S. The van der Waals surface area contributed by atoms with Gasteiger partial charge in [0.2, 0.25) is 0 Å². The van der Waals surface area contributed by atoms with Crippen LogP contribution in [0.25, 0.3) is 11.2 Å². The molecule has 1 unspecified atom stereocenters. The average molecular weight is 313 g/mol. The van der Waals surface area contributed by atoms with Crippen LogP contribution < -0.4 is 0 Å². The van der Waals surface area contributed by atoms with Gasteiger partial charge in [0.1, 0.15) is 11.3 Å². The summed E-state index contributed by atoms with van der Waals surface area (Å²) in [6.45, 7) is 2.57. The van der Waals surface area contributed by atoms with Gasteiger partial charge < -0.3 is 4.57 Å². The van der Waals surface area contributed by atoms with E-state index in [0.717, 1.165) is 21.9 Å². The maximum Gasteiger partial charge on any atom is 0.160 e. The standard InChI is InChI=1S/C12H10Cl2N4S/c1-7(13)11-17-10-2-8(14)3-16-12(10)18(11)5-9-4-15-6-19-9/h2-4,6-7H,5H2,1H3. The van der Waals surface area contributed by atoms with Crippen molar-refractivity contribution < 1.29 is 0 Å². The van der Waals surface area contributed by atoms with Gasteiger partial charge in [-0.25, -0.2) is 9.97 Å². The fourth-order valence-corrected chi connectivity index (χ4v) is 2.84. The van der Waals surface area contributed by atoms with Crippen molar-refractivity contribution in [1.82, 2.24) is 19.5 Å². The second kappa shape index (κ2) is 5.07. The largest absolute Gasteiger partial charge is 0.306 e. The van der Waals surface area contributed by atoms with E-state index >= 15 is 0 Å². The van der Waals surface area contributed by atoms with Gasteiger partial charge in [-0.3, -0.25) is 4.98 Å². The number of imidazole rings is 1. The Bertz CT molecular complexity index is 706. The zero-order valence-corrected chi connectivity index (χ0v) is 12.4. The van der Waals surface area contributed by atoms with Crippen molar-refractivity contribution in [3.8, 4) is 0 Å². The highest BCUT2D eigenvalue weighted by molar-refractivity contribution is 7.09. The maximum absolute atomic E-state index is 6.20. The molecule has 19 heavy (non-hydrogen) atoms. The SMILES string of the molecule is CC(Cl)c1nc2cc(Cl)cnc2n1Cc1cncs1. The number of fused-ring (bicyclic) bond motifs is 1. The van der Waals surface area contributed by atoms with Crippen molar-refractivity contribution in [2.24, 2.45) is 0 Å². The molecule has 0 radical (unpaired) electrons. The molecule has 0 amide bonds. The van der Waals surface area contributed by atoms with Crippen LogP contribution in [0.4, 0.5) is 0 Å². The molecule has 0 N–H and O–H groups in total. The Morgan fingerprint density at radius 1 is 1.42 bits per heavy atom. The first-order valence-corrected chi connectivity index (χ1v) is 7.37. The fourth-order valence-electron chi connectivity index (χ4n) is 1.94. The average Bonchev–Trinajstić information content (AvgIpc) is 2.97. The zero-order chi connectivity index (χ0) is 13.4. The number of pyridine rings is 1. The number of alkyl halides is 1. The van der Waals surface area contributed by atoms with Crippen LogP contribution in [-0.2, 0) is 6.54 Å². The molecule has 3 aromatic rings. The Labute approximate surface area is 124 Å². The number of nitrogens with zero attached hydrogens (tertiary/aromatic N) is 4. The Kier molecular flexibility index (Phi) is 3.43. The topological polar surface area (TPSA) is 43.6 Å². The van der Waals surface area contributed by atoms with E-state index in [1.54, 1.807) is 23.6 Å². The third kappa shape index (κ3) is 2.45. The van der Waals surface area contributed by atoms with Gasteiger partial charge in [0.25, 0.3) is 0 Å². The molecule has 0 aliphatic carbocycles. The third-order valence-electron chi connectivity index (χ3n) is 2.73. The number of hydrogen-bond acceptors (Lipinski definition) is 4. The summed E-state index contributed by atoms with van der Waals surface area (Å²) in [4.78, 5) is 14.1. The summed E-state index contributed by atoms with van der Waals surface area (Å²) < 4.78 is 2.01. The second-order valence-electron chi connectivity index (χ2n) is 4.14. The van der Waals surface area contributed by atoms with Crippen LogP contribution in [0.15, 0.2) is 24.0 Å². The lowest BCUT2D eigenvalue weighted by Gasteiger charge is -2.08. The van der Waals surface area contributed by atoms with Crippen molar-refractivity contribution in [2.75, 3.05) is 0 Å².